The van der Waals surface area contributed by atoms with E-state index in [0.717, 1.165) is 11.4 Å². The normalized spacial score (nSPS) is 21.0. The quantitative estimate of drug-likeness (QED) is 0.825. The van der Waals surface area contributed by atoms with Crippen LogP contribution in [0.1, 0.15) is 48.9 Å². The number of rotatable bonds is 4. The molecule has 2 aromatic rings. The summed E-state index contributed by atoms with van der Waals surface area (Å²) in [5.41, 5.74) is 4.11. The molecule has 0 saturated carbocycles. The van der Waals surface area contributed by atoms with Crippen molar-refractivity contribution in [2.24, 2.45) is 0 Å². The number of hydrogen-bond acceptors (Lipinski definition) is 1. The van der Waals surface area contributed by atoms with E-state index in [2.05, 4.69) is 54.7 Å². The second-order valence-corrected chi connectivity index (χ2v) is 6.33. The molecule has 0 aromatic heterocycles. The first-order valence-electron chi connectivity index (χ1n) is 7.87. The van der Waals surface area contributed by atoms with Gasteiger partial charge >= 0.3 is 0 Å². The Bertz CT molecular complexity index is 594. The molecule has 1 N–H and O–H groups in total. The van der Waals surface area contributed by atoms with Crippen LogP contribution in [0.2, 0.25) is 5.02 Å². The average molecular weight is 300 g/mol. The maximum atomic E-state index is 6.20. The van der Waals surface area contributed by atoms with Crippen molar-refractivity contribution in [2.75, 3.05) is 0 Å². The van der Waals surface area contributed by atoms with Gasteiger partial charge in [-0.25, -0.2) is 0 Å². The van der Waals surface area contributed by atoms with E-state index in [-0.39, 0.29) is 6.04 Å². The molecule has 0 fully saturated rings. The Morgan fingerprint density at radius 1 is 1.14 bits per heavy atom. The van der Waals surface area contributed by atoms with Crippen LogP contribution < -0.4 is 5.32 Å². The van der Waals surface area contributed by atoms with Crippen molar-refractivity contribution in [1.82, 2.24) is 5.32 Å². The van der Waals surface area contributed by atoms with Crippen molar-refractivity contribution in [2.45, 2.75) is 44.7 Å². The minimum Gasteiger partial charge on any atom is -0.303 e. The first-order valence-corrected chi connectivity index (χ1v) is 8.25. The zero-order valence-corrected chi connectivity index (χ0v) is 13.2. The van der Waals surface area contributed by atoms with Crippen LogP contribution in [0.4, 0.5) is 0 Å². The number of fused-ring (bicyclic) bond motifs is 1. The van der Waals surface area contributed by atoms with Crippen LogP contribution >= 0.6 is 11.6 Å². The number of nitrogens with one attached hydrogen (secondary N) is 1. The van der Waals surface area contributed by atoms with Crippen LogP contribution in [0.15, 0.2) is 48.5 Å². The summed E-state index contributed by atoms with van der Waals surface area (Å²) in [5, 5.41) is 4.68. The third kappa shape index (κ3) is 3.30. The van der Waals surface area contributed by atoms with Gasteiger partial charge in [0.2, 0.25) is 0 Å². The molecule has 2 aromatic carbocycles. The van der Waals surface area contributed by atoms with Crippen molar-refractivity contribution >= 4 is 11.6 Å². The Morgan fingerprint density at radius 2 is 1.95 bits per heavy atom. The summed E-state index contributed by atoms with van der Waals surface area (Å²) >= 11 is 6.20. The zero-order chi connectivity index (χ0) is 14.7. The maximum absolute atomic E-state index is 6.20. The summed E-state index contributed by atoms with van der Waals surface area (Å²) in [6.45, 7) is 2.25. The van der Waals surface area contributed by atoms with Crippen LogP contribution in [0.5, 0.6) is 0 Å². The topological polar surface area (TPSA) is 12.0 Å². The Kier molecular flexibility index (Phi) is 4.62. The number of unbranched alkanes of at least 4 members (excludes halogenated alkanes) is 1. The molecule has 0 amide bonds. The van der Waals surface area contributed by atoms with E-state index in [1.54, 1.807) is 0 Å². The Hall–Kier alpha value is -1.31. The molecule has 1 aliphatic rings. The van der Waals surface area contributed by atoms with Gasteiger partial charge < -0.3 is 5.32 Å². The molecule has 1 aliphatic heterocycles. The lowest BCUT2D eigenvalue weighted by atomic mass is 9.85. The lowest BCUT2D eigenvalue weighted by Crippen LogP contribution is -2.39. The highest BCUT2D eigenvalue weighted by Crippen LogP contribution is 2.33. The molecule has 21 heavy (non-hydrogen) atoms. The number of halogens is 1. The zero-order valence-electron chi connectivity index (χ0n) is 12.5. The summed E-state index contributed by atoms with van der Waals surface area (Å²) in [7, 11) is 0. The number of benzene rings is 2. The first kappa shape index (κ1) is 14.6. The molecule has 2 atom stereocenters. The maximum Gasteiger partial charge on any atom is 0.0581 e. The van der Waals surface area contributed by atoms with Crippen LogP contribution in [0.25, 0.3) is 0 Å². The van der Waals surface area contributed by atoms with Crippen molar-refractivity contribution in [1.29, 1.82) is 0 Å². The van der Waals surface area contributed by atoms with Crippen LogP contribution in [0, 0.1) is 0 Å². The Labute approximate surface area is 132 Å². The molecule has 1 nitrogen and oxygen atoms in total. The second kappa shape index (κ2) is 6.64. The summed E-state index contributed by atoms with van der Waals surface area (Å²) in [6.07, 6.45) is 4.83. The van der Waals surface area contributed by atoms with E-state index in [4.69, 9.17) is 11.6 Å². The number of hydrogen-bond donors (Lipinski definition) is 1. The standard InChI is InChI=1S/C19H22ClN/c1-2-3-9-17-13-15-12-16(20)10-11-18(15)19(21-17)14-7-5-4-6-8-14/h4-8,10-12,17,19,21H,2-3,9,13H2,1H3/t17-,19+/m0/s1. The average Bonchev–Trinajstić information content (AvgIpc) is 2.52. The SMILES string of the molecule is CCCC[C@H]1Cc2cc(Cl)ccc2[C@@H](c2ccccc2)N1. The van der Waals surface area contributed by atoms with E-state index in [1.807, 2.05) is 6.07 Å². The highest BCUT2D eigenvalue weighted by molar-refractivity contribution is 6.30. The van der Waals surface area contributed by atoms with E-state index >= 15 is 0 Å². The summed E-state index contributed by atoms with van der Waals surface area (Å²) in [6, 6.07) is 17.9. The van der Waals surface area contributed by atoms with Crippen molar-refractivity contribution < 1.29 is 0 Å². The minimum atomic E-state index is 0.286. The lowest BCUT2D eigenvalue weighted by molar-refractivity contribution is 0.405. The highest BCUT2D eigenvalue weighted by Gasteiger charge is 2.26. The molecule has 0 spiro atoms. The third-order valence-electron chi connectivity index (χ3n) is 4.32. The predicted molar refractivity (Wildman–Crippen MR) is 89.9 cm³/mol. The van der Waals surface area contributed by atoms with Crippen molar-refractivity contribution in [3.05, 3.63) is 70.2 Å². The van der Waals surface area contributed by atoms with Gasteiger partial charge in [-0.15, -0.1) is 0 Å². The fourth-order valence-electron chi connectivity index (χ4n) is 3.24. The summed E-state index contributed by atoms with van der Waals surface area (Å²) < 4.78 is 0. The van der Waals surface area contributed by atoms with Crippen LogP contribution in [-0.4, -0.2) is 6.04 Å². The van der Waals surface area contributed by atoms with Gasteiger partial charge in [0.25, 0.3) is 0 Å². The van der Waals surface area contributed by atoms with E-state index < -0.39 is 0 Å². The van der Waals surface area contributed by atoms with Crippen molar-refractivity contribution in [3.63, 3.8) is 0 Å². The molecular weight excluding hydrogens is 278 g/mol. The molecule has 3 rings (SSSR count). The molecule has 2 heteroatoms. The molecule has 0 unspecified atom stereocenters. The summed E-state index contributed by atoms with van der Waals surface area (Å²) in [4.78, 5) is 0. The smallest absolute Gasteiger partial charge is 0.0581 e. The molecule has 0 bridgehead atoms. The van der Waals surface area contributed by atoms with Gasteiger partial charge in [-0.2, -0.15) is 0 Å². The second-order valence-electron chi connectivity index (χ2n) is 5.90. The monoisotopic (exact) mass is 299 g/mol. The molecular formula is C19H22ClN. The van der Waals surface area contributed by atoms with E-state index in [9.17, 15) is 0 Å². The highest BCUT2D eigenvalue weighted by atomic mass is 35.5. The Balaban J connectivity index is 1.95. The van der Waals surface area contributed by atoms with Crippen molar-refractivity contribution in [3.8, 4) is 0 Å². The van der Waals surface area contributed by atoms with E-state index in [1.165, 1.54) is 36.0 Å². The molecule has 0 aliphatic carbocycles. The molecule has 0 saturated heterocycles. The minimum absolute atomic E-state index is 0.286. The molecule has 0 radical (unpaired) electrons. The summed E-state index contributed by atoms with van der Waals surface area (Å²) in [5.74, 6) is 0. The Morgan fingerprint density at radius 3 is 2.71 bits per heavy atom. The van der Waals surface area contributed by atoms with Gasteiger partial charge in [0.1, 0.15) is 0 Å². The van der Waals surface area contributed by atoms with E-state index in [0.29, 0.717) is 6.04 Å². The van der Waals surface area contributed by atoms with Gasteiger partial charge in [0.05, 0.1) is 6.04 Å². The first-order chi connectivity index (χ1) is 10.3. The van der Waals surface area contributed by atoms with Crippen LogP contribution in [-0.2, 0) is 6.42 Å². The van der Waals surface area contributed by atoms with Gasteiger partial charge in [-0.05, 0) is 41.7 Å². The van der Waals surface area contributed by atoms with Gasteiger partial charge in [-0.1, -0.05) is 67.8 Å². The van der Waals surface area contributed by atoms with Gasteiger partial charge in [0, 0.05) is 11.1 Å². The lowest BCUT2D eigenvalue weighted by Gasteiger charge is -2.34. The third-order valence-corrected chi connectivity index (χ3v) is 4.56. The van der Waals surface area contributed by atoms with Gasteiger partial charge in [0.15, 0.2) is 0 Å². The largest absolute Gasteiger partial charge is 0.303 e. The van der Waals surface area contributed by atoms with Gasteiger partial charge in [-0.3, -0.25) is 0 Å². The predicted octanol–water partition coefficient (Wildman–Crippen LogP) is 5.13. The molecule has 1 heterocycles. The molecule has 110 valence electrons. The van der Waals surface area contributed by atoms with Crippen LogP contribution in [0.3, 0.4) is 0 Å². The fraction of sp³-hybridized carbons (Fsp3) is 0.368. The fourth-order valence-corrected chi connectivity index (χ4v) is 3.43.